The van der Waals surface area contributed by atoms with Gasteiger partial charge in [0.15, 0.2) is 0 Å². The summed E-state index contributed by atoms with van der Waals surface area (Å²) in [6, 6.07) is 6.24. The number of aryl methyl sites for hydroxylation is 1. The van der Waals surface area contributed by atoms with Gasteiger partial charge in [-0.2, -0.15) is 0 Å². The highest BCUT2D eigenvalue weighted by molar-refractivity contribution is 9.10. The quantitative estimate of drug-likeness (QED) is 0.779. The van der Waals surface area contributed by atoms with Crippen LogP contribution >= 0.6 is 15.9 Å². The number of methoxy groups -OCH3 is 1. The summed E-state index contributed by atoms with van der Waals surface area (Å²) in [6.45, 7) is 2.20. The first-order valence-corrected chi connectivity index (χ1v) is 7.63. The van der Waals surface area contributed by atoms with E-state index in [1.54, 1.807) is 7.11 Å². The molecule has 3 rings (SSSR count). The molecule has 1 fully saturated rings. The number of pyridine rings is 1. The van der Waals surface area contributed by atoms with Crippen molar-refractivity contribution in [1.82, 2.24) is 4.98 Å². The van der Waals surface area contributed by atoms with Gasteiger partial charge in [-0.3, -0.25) is 0 Å². The predicted octanol–water partition coefficient (Wildman–Crippen LogP) is 4.97. The standard InChI is InChI=1S/C16H18BrNO/c1-10-13-9-12(17)7-8-14(13)18-16(19-2)15(10)11-5-3-4-6-11/h7-9,11H,3-6H2,1-2H3. The van der Waals surface area contributed by atoms with Gasteiger partial charge in [0.1, 0.15) is 0 Å². The average molecular weight is 320 g/mol. The Bertz CT molecular complexity index is 618. The summed E-state index contributed by atoms with van der Waals surface area (Å²) < 4.78 is 6.66. The van der Waals surface area contributed by atoms with Crippen LogP contribution in [-0.4, -0.2) is 12.1 Å². The van der Waals surface area contributed by atoms with Crippen LogP contribution in [0.1, 0.15) is 42.7 Å². The second-order valence-electron chi connectivity index (χ2n) is 5.30. The fourth-order valence-corrected chi connectivity index (χ4v) is 3.59. The third-order valence-electron chi connectivity index (χ3n) is 4.18. The van der Waals surface area contributed by atoms with Crippen molar-refractivity contribution in [2.24, 2.45) is 0 Å². The number of rotatable bonds is 2. The smallest absolute Gasteiger partial charge is 0.217 e. The van der Waals surface area contributed by atoms with Crippen LogP contribution in [0.3, 0.4) is 0 Å². The van der Waals surface area contributed by atoms with Gasteiger partial charge in [-0.25, -0.2) is 4.98 Å². The van der Waals surface area contributed by atoms with Gasteiger partial charge in [0.2, 0.25) is 5.88 Å². The van der Waals surface area contributed by atoms with Crippen LogP contribution in [0.4, 0.5) is 0 Å². The molecule has 2 aromatic rings. The molecule has 1 aliphatic rings. The lowest BCUT2D eigenvalue weighted by Crippen LogP contribution is -2.03. The maximum absolute atomic E-state index is 5.55. The topological polar surface area (TPSA) is 22.1 Å². The van der Waals surface area contributed by atoms with E-state index in [0.29, 0.717) is 5.92 Å². The Morgan fingerprint density at radius 3 is 2.68 bits per heavy atom. The van der Waals surface area contributed by atoms with Gasteiger partial charge in [-0.1, -0.05) is 28.8 Å². The molecule has 2 nitrogen and oxygen atoms in total. The molecule has 0 atom stereocenters. The summed E-state index contributed by atoms with van der Waals surface area (Å²) >= 11 is 3.55. The van der Waals surface area contributed by atoms with Gasteiger partial charge in [0.05, 0.1) is 12.6 Å². The number of hydrogen-bond acceptors (Lipinski definition) is 2. The molecule has 0 saturated heterocycles. The second kappa shape index (κ2) is 5.12. The van der Waals surface area contributed by atoms with Crippen LogP contribution in [0.25, 0.3) is 10.9 Å². The SMILES string of the molecule is COc1nc2ccc(Br)cc2c(C)c1C1CCCC1. The predicted molar refractivity (Wildman–Crippen MR) is 81.9 cm³/mol. The van der Waals surface area contributed by atoms with E-state index in [0.717, 1.165) is 15.9 Å². The summed E-state index contributed by atoms with van der Waals surface area (Å²) in [5.74, 6) is 1.44. The van der Waals surface area contributed by atoms with Crippen molar-refractivity contribution in [3.8, 4) is 5.88 Å². The Hall–Kier alpha value is -1.09. The van der Waals surface area contributed by atoms with Gasteiger partial charge in [-0.05, 0) is 49.4 Å². The van der Waals surface area contributed by atoms with Crippen molar-refractivity contribution in [1.29, 1.82) is 0 Å². The van der Waals surface area contributed by atoms with Crippen LogP contribution in [-0.2, 0) is 0 Å². The second-order valence-corrected chi connectivity index (χ2v) is 6.22. The lowest BCUT2D eigenvalue weighted by molar-refractivity contribution is 0.389. The van der Waals surface area contributed by atoms with Crippen molar-refractivity contribution < 1.29 is 4.74 Å². The number of benzene rings is 1. The van der Waals surface area contributed by atoms with Crippen molar-refractivity contribution in [3.05, 3.63) is 33.8 Å². The Kier molecular flexibility index (Phi) is 3.48. The molecular weight excluding hydrogens is 302 g/mol. The first kappa shape index (κ1) is 12.9. The van der Waals surface area contributed by atoms with E-state index in [1.165, 1.54) is 42.2 Å². The number of nitrogens with zero attached hydrogens (tertiary/aromatic N) is 1. The minimum atomic E-state index is 0.617. The molecule has 1 aromatic carbocycles. The molecule has 0 amide bonds. The summed E-state index contributed by atoms with van der Waals surface area (Å²) in [5, 5.41) is 1.23. The molecule has 0 aliphatic heterocycles. The molecule has 0 unspecified atom stereocenters. The molecule has 3 heteroatoms. The van der Waals surface area contributed by atoms with E-state index >= 15 is 0 Å². The molecule has 0 bridgehead atoms. The maximum atomic E-state index is 5.55. The number of aromatic nitrogens is 1. The zero-order valence-corrected chi connectivity index (χ0v) is 13.0. The van der Waals surface area contributed by atoms with Crippen molar-refractivity contribution >= 4 is 26.8 Å². The lowest BCUT2D eigenvalue weighted by Gasteiger charge is -2.18. The van der Waals surface area contributed by atoms with E-state index in [9.17, 15) is 0 Å². The number of ether oxygens (including phenoxy) is 1. The molecule has 19 heavy (non-hydrogen) atoms. The normalized spacial score (nSPS) is 16.2. The Labute approximate surface area is 122 Å². The van der Waals surface area contributed by atoms with Crippen LogP contribution in [0.15, 0.2) is 22.7 Å². The Morgan fingerprint density at radius 1 is 1.26 bits per heavy atom. The molecule has 1 heterocycles. The largest absolute Gasteiger partial charge is 0.481 e. The van der Waals surface area contributed by atoms with Crippen LogP contribution in [0, 0.1) is 6.92 Å². The number of fused-ring (bicyclic) bond motifs is 1. The van der Waals surface area contributed by atoms with Crippen molar-refractivity contribution in [2.45, 2.75) is 38.5 Å². The highest BCUT2D eigenvalue weighted by Crippen LogP contribution is 2.42. The van der Waals surface area contributed by atoms with Crippen LogP contribution in [0.2, 0.25) is 0 Å². The fraction of sp³-hybridized carbons (Fsp3) is 0.438. The fourth-order valence-electron chi connectivity index (χ4n) is 3.23. The van der Waals surface area contributed by atoms with E-state index in [-0.39, 0.29) is 0 Å². The van der Waals surface area contributed by atoms with Gasteiger partial charge in [-0.15, -0.1) is 0 Å². The summed E-state index contributed by atoms with van der Waals surface area (Å²) in [5.41, 5.74) is 3.67. The first-order valence-electron chi connectivity index (χ1n) is 6.84. The van der Waals surface area contributed by atoms with Crippen molar-refractivity contribution in [3.63, 3.8) is 0 Å². The number of hydrogen-bond donors (Lipinski definition) is 0. The third-order valence-corrected chi connectivity index (χ3v) is 4.67. The Morgan fingerprint density at radius 2 is 2.00 bits per heavy atom. The summed E-state index contributed by atoms with van der Waals surface area (Å²) in [6.07, 6.45) is 5.17. The van der Waals surface area contributed by atoms with Crippen LogP contribution in [0.5, 0.6) is 5.88 Å². The maximum Gasteiger partial charge on any atom is 0.217 e. The minimum absolute atomic E-state index is 0.617. The van der Waals surface area contributed by atoms with Gasteiger partial charge in [0, 0.05) is 15.4 Å². The first-order chi connectivity index (χ1) is 9.20. The zero-order valence-electron chi connectivity index (χ0n) is 11.4. The molecule has 1 aliphatic carbocycles. The summed E-state index contributed by atoms with van der Waals surface area (Å²) in [7, 11) is 1.73. The van der Waals surface area contributed by atoms with Crippen LogP contribution < -0.4 is 4.74 Å². The average Bonchev–Trinajstić information content (AvgIpc) is 2.93. The highest BCUT2D eigenvalue weighted by Gasteiger charge is 2.24. The third kappa shape index (κ3) is 2.25. The molecule has 0 radical (unpaired) electrons. The molecule has 1 saturated carbocycles. The van der Waals surface area contributed by atoms with E-state index in [2.05, 4.69) is 28.9 Å². The van der Waals surface area contributed by atoms with E-state index in [4.69, 9.17) is 9.72 Å². The number of halogens is 1. The zero-order chi connectivity index (χ0) is 13.4. The van der Waals surface area contributed by atoms with Crippen molar-refractivity contribution in [2.75, 3.05) is 7.11 Å². The summed E-state index contributed by atoms with van der Waals surface area (Å²) in [4.78, 5) is 4.70. The minimum Gasteiger partial charge on any atom is -0.481 e. The van der Waals surface area contributed by atoms with E-state index in [1.807, 2.05) is 12.1 Å². The molecule has 0 spiro atoms. The lowest BCUT2D eigenvalue weighted by atomic mass is 9.92. The van der Waals surface area contributed by atoms with E-state index < -0.39 is 0 Å². The van der Waals surface area contributed by atoms with Gasteiger partial charge >= 0.3 is 0 Å². The molecular formula is C16H18BrNO. The molecule has 1 aromatic heterocycles. The van der Waals surface area contributed by atoms with Gasteiger partial charge in [0.25, 0.3) is 0 Å². The van der Waals surface area contributed by atoms with Gasteiger partial charge < -0.3 is 4.74 Å². The highest BCUT2D eigenvalue weighted by atomic mass is 79.9. The Balaban J connectivity index is 2.25. The monoisotopic (exact) mass is 319 g/mol. The molecule has 0 N–H and O–H groups in total. The molecule has 100 valence electrons.